The van der Waals surface area contributed by atoms with Crippen LogP contribution in [0.5, 0.6) is 0 Å². The molecular weight excluding hydrogens is 512 g/mol. The molecule has 8 heteroatoms. The van der Waals surface area contributed by atoms with Crippen molar-refractivity contribution in [1.29, 1.82) is 0 Å². The first-order valence-electron chi connectivity index (χ1n) is 11.3. The molecule has 0 heterocycles. The minimum atomic E-state index is -1.09. The van der Waals surface area contributed by atoms with Gasteiger partial charge in [0.05, 0.1) is 5.56 Å². The number of ether oxygens (including phenoxy) is 1. The number of halogens is 1. The zero-order valence-electron chi connectivity index (χ0n) is 19.1. The Kier molecular flexibility index (Phi) is 7.51. The number of hydrogen-bond donors (Lipinski definition) is 3. The maximum absolute atomic E-state index is 12.7. The Bertz CT molecular complexity index is 1230. The van der Waals surface area contributed by atoms with Crippen molar-refractivity contribution in [3.05, 3.63) is 87.9 Å². The van der Waals surface area contributed by atoms with E-state index in [0.717, 1.165) is 22.3 Å². The lowest BCUT2D eigenvalue weighted by atomic mass is 9.98. The standard InChI is InChI=1S/C27H25BrN2O5/c1-2-7-24(26(32)33)30-25(31)21-14-16(12-13-23(21)28)29-27(34)35-15-22-19-10-5-3-8-17(19)18-9-4-6-11-20(18)22/h3-6,8-14,22,24H,2,7,15H2,1H3,(H,29,34)(H,30,31)(H,32,33)/t24-/m0/s1. The summed E-state index contributed by atoms with van der Waals surface area (Å²) in [5.74, 6) is -1.70. The van der Waals surface area contributed by atoms with Crippen molar-refractivity contribution in [1.82, 2.24) is 5.32 Å². The predicted molar refractivity (Wildman–Crippen MR) is 137 cm³/mol. The molecular formula is C27H25BrN2O5. The van der Waals surface area contributed by atoms with Crippen molar-refractivity contribution in [3.8, 4) is 11.1 Å². The van der Waals surface area contributed by atoms with Crippen LogP contribution in [0.25, 0.3) is 11.1 Å². The van der Waals surface area contributed by atoms with Crippen molar-refractivity contribution < 1.29 is 24.2 Å². The van der Waals surface area contributed by atoms with Gasteiger partial charge in [-0.05, 0) is 62.8 Å². The number of carbonyl (C=O) groups is 3. The van der Waals surface area contributed by atoms with Gasteiger partial charge in [0.25, 0.3) is 5.91 Å². The molecule has 0 aliphatic heterocycles. The zero-order chi connectivity index (χ0) is 24.9. The van der Waals surface area contributed by atoms with Crippen molar-refractivity contribution in [3.63, 3.8) is 0 Å². The summed E-state index contributed by atoms with van der Waals surface area (Å²) >= 11 is 3.32. The van der Waals surface area contributed by atoms with Crippen LogP contribution in [0.3, 0.4) is 0 Å². The first kappa shape index (κ1) is 24.5. The molecule has 0 radical (unpaired) electrons. The molecule has 0 spiro atoms. The second kappa shape index (κ2) is 10.7. The number of carboxylic acid groups (broad SMARTS) is 1. The lowest BCUT2D eigenvalue weighted by Crippen LogP contribution is -2.40. The van der Waals surface area contributed by atoms with E-state index in [0.29, 0.717) is 23.0 Å². The normalized spacial score (nSPS) is 12.9. The van der Waals surface area contributed by atoms with Crippen LogP contribution in [0.15, 0.2) is 71.2 Å². The van der Waals surface area contributed by atoms with E-state index in [4.69, 9.17) is 4.74 Å². The van der Waals surface area contributed by atoms with Gasteiger partial charge in [0, 0.05) is 16.1 Å². The third-order valence-electron chi connectivity index (χ3n) is 5.98. The molecule has 0 bridgehead atoms. The Hall–Kier alpha value is -3.65. The van der Waals surface area contributed by atoms with Crippen LogP contribution in [-0.2, 0) is 9.53 Å². The summed E-state index contributed by atoms with van der Waals surface area (Å²) in [6.07, 6.45) is 0.285. The van der Waals surface area contributed by atoms with Crippen LogP contribution in [-0.4, -0.2) is 35.7 Å². The molecule has 180 valence electrons. The summed E-state index contributed by atoms with van der Waals surface area (Å²) in [4.78, 5) is 36.7. The van der Waals surface area contributed by atoms with E-state index in [1.165, 1.54) is 6.07 Å². The van der Waals surface area contributed by atoms with Crippen LogP contribution < -0.4 is 10.6 Å². The van der Waals surface area contributed by atoms with Crippen molar-refractivity contribution in [2.24, 2.45) is 0 Å². The van der Waals surface area contributed by atoms with Crippen molar-refractivity contribution >= 4 is 39.6 Å². The third kappa shape index (κ3) is 5.38. The van der Waals surface area contributed by atoms with E-state index in [9.17, 15) is 19.5 Å². The highest BCUT2D eigenvalue weighted by Gasteiger charge is 2.29. The van der Waals surface area contributed by atoms with Gasteiger partial charge in [-0.15, -0.1) is 0 Å². The predicted octanol–water partition coefficient (Wildman–Crippen LogP) is 5.79. The van der Waals surface area contributed by atoms with Crippen LogP contribution in [0.1, 0.15) is 47.2 Å². The monoisotopic (exact) mass is 536 g/mol. The molecule has 1 aliphatic carbocycles. The molecule has 0 aromatic heterocycles. The summed E-state index contributed by atoms with van der Waals surface area (Å²) in [7, 11) is 0. The fourth-order valence-electron chi connectivity index (χ4n) is 4.31. The zero-order valence-corrected chi connectivity index (χ0v) is 20.7. The van der Waals surface area contributed by atoms with E-state index in [2.05, 4.69) is 38.7 Å². The fraction of sp³-hybridized carbons (Fsp3) is 0.222. The molecule has 0 saturated heterocycles. The smallest absolute Gasteiger partial charge is 0.411 e. The van der Waals surface area contributed by atoms with Crippen molar-refractivity contribution in [2.75, 3.05) is 11.9 Å². The number of rotatable bonds is 8. The van der Waals surface area contributed by atoms with Crippen LogP contribution in [0.4, 0.5) is 10.5 Å². The van der Waals surface area contributed by atoms with E-state index < -0.39 is 24.0 Å². The molecule has 4 rings (SSSR count). The quantitative estimate of drug-likeness (QED) is 0.337. The molecule has 3 N–H and O–H groups in total. The summed E-state index contributed by atoms with van der Waals surface area (Å²) in [5.41, 5.74) is 5.09. The van der Waals surface area contributed by atoms with E-state index in [1.54, 1.807) is 12.1 Å². The molecule has 2 amide bonds. The highest BCUT2D eigenvalue weighted by atomic mass is 79.9. The summed E-state index contributed by atoms with van der Waals surface area (Å²) < 4.78 is 6.04. The van der Waals surface area contributed by atoms with Gasteiger partial charge in [-0.2, -0.15) is 0 Å². The number of aliphatic carboxylic acids is 1. The Morgan fingerprint density at radius 1 is 1.00 bits per heavy atom. The van der Waals surface area contributed by atoms with Gasteiger partial charge in [-0.1, -0.05) is 61.9 Å². The number of carboxylic acids is 1. The molecule has 0 saturated carbocycles. The number of hydrogen-bond acceptors (Lipinski definition) is 4. The SMILES string of the molecule is CCC[C@H](NC(=O)c1cc(NC(=O)OCC2c3ccccc3-c3ccccc32)ccc1Br)C(=O)O. The summed E-state index contributed by atoms with van der Waals surface area (Å²) in [6, 6.07) is 19.9. The van der Waals surface area contributed by atoms with Gasteiger partial charge in [-0.3, -0.25) is 10.1 Å². The topological polar surface area (TPSA) is 105 Å². The number of fused-ring (bicyclic) bond motifs is 3. The van der Waals surface area contributed by atoms with Gasteiger partial charge < -0.3 is 15.2 Å². The minimum absolute atomic E-state index is 0.0640. The highest BCUT2D eigenvalue weighted by molar-refractivity contribution is 9.10. The van der Waals surface area contributed by atoms with Gasteiger partial charge in [-0.25, -0.2) is 9.59 Å². The summed E-state index contributed by atoms with van der Waals surface area (Å²) in [6.45, 7) is 2.01. The summed E-state index contributed by atoms with van der Waals surface area (Å²) in [5, 5.41) is 14.5. The molecule has 1 aliphatic rings. The number of nitrogens with one attached hydrogen (secondary N) is 2. The van der Waals surface area contributed by atoms with Crippen LogP contribution in [0.2, 0.25) is 0 Å². The second-order valence-electron chi connectivity index (χ2n) is 8.30. The number of carbonyl (C=O) groups excluding carboxylic acids is 2. The van der Waals surface area contributed by atoms with Gasteiger partial charge in [0.1, 0.15) is 12.6 Å². The Morgan fingerprint density at radius 3 is 2.23 bits per heavy atom. The highest BCUT2D eigenvalue weighted by Crippen LogP contribution is 2.44. The van der Waals surface area contributed by atoms with Crippen LogP contribution >= 0.6 is 15.9 Å². The first-order valence-corrected chi connectivity index (χ1v) is 12.1. The van der Waals surface area contributed by atoms with Gasteiger partial charge in [0.15, 0.2) is 0 Å². The first-order chi connectivity index (χ1) is 16.9. The molecule has 35 heavy (non-hydrogen) atoms. The largest absolute Gasteiger partial charge is 0.480 e. The average Bonchev–Trinajstić information content (AvgIpc) is 3.17. The second-order valence-corrected chi connectivity index (χ2v) is 9.15. The lowest BCUT2D eigenvalue weighted by Gasteiger charge is -2.16. The van der Waals surface area contributed by atoms with E-state index in [1.807, 2.05) is 43.3 Å². The molecule has 0 unspecified atom stereocenters. The number of benzene rings is 3. The molecule has 3 aromatic carbocycles. The minimum Gasteiger partial charge on any atom is -0.480 e. The lowest BCUT2D eigenvalue weighted by molar-refractivity contribution is -0.139. The molecule has 1 atom stereocenters. The Labute approximate surface area is 211 Å². The van der Waals surface area contributed by atoms with Crippen LogP contribution in [0, 0.1) is 0 Å². The maximum Gasteiger partial charge on any atom is 0.411 e. The Balaban J connectivity index is 1.43. The maximum atomic E-state index is 12.7. The van der Waals surface area contributed by atoms with Gasteiger partial charge >= 0.3 is 12.1 Å². The van der Waals surface area contributed by atoms with Gasteiger partial charge in [0.2, 0.25) is 0 Å². The number of anilines is 1. The number of amides is 2. The van der Waals surface area contributed by atoms with E-state index >= 15 is 0 Å². The Morgan fingerprint density at radius 2 is 1.63 bits per heavy atom. The average molecular weight is 537 g/mol. The fourth-order valence-corrected chi connectivity index (χ4v) is 4.74. The van der Waals surface area contributed by atoms with Crippen molar-refractivity contribution in [2.45, 2.75) is 31.7 Å². The molecule has 3 aromatic rings. The van der Waals surface area contributed by atoms with E-state index in [-0.39, 0.29) is 18.1 Å². The third-order valence-corrected chi connectivity index (χ3v) is 6.67. The molecule has 0 fully saturated rings. The molecule has 7 nitrogen and oxygen atoms in total.